The highest BCUT2D eigenvalue weighted by atomic mass is 16.7. The molecule has 0 bridgehead atoms. The lowest BCUT2D eigenvalue weighted by Gasteiger charge is -2.29. The van der Waals surface area contributed by atoms with Gasteiger partial charge in [0.2, 0.25) is 12.2 Å². The van der Waals surface area contributed by atoms with E-state index in [2.05, 4.69) is 5.32 Å². The number of hydrogen-bond acceptors (Lipinski definition) is 7. The van der Waals surface area contributed by atoms with Crippen LogP contribution >= 0.6 is 0 Å². The van der Waals surface area contributed by atoms with Crippen molar-refractivity contribution in [2.75, 3.05) is 0 Å². The largest absolute Gasteiger partial charge is 0.547 e. The Morgan fingerprint density at radius 2 is 1.96 bits per heavy atom. The fourth-order valence-electron chi connectivity index (χ4n) is 2.51. The molecular weight excluding hydrogens is 341 g/mol. The molecule has 140 valence electrons. The molecule has 1 aromatic rings. The van der Waals surface area contributed by atoms with E-state index in [0.717, 1.165) is 0 Å². The van der Waals surface area contributed by atoms with E-state index in [4.69, 9.17) is 14.1 Å². The van der Waals surface area contributed by atoms with E-state index < -0.39 is 31.3 Å². The van der Waals surface area contributed by atoms with E-state index in [1.54, 1.807) is 26.0 Å². The lowest BCUT2D eigenvalue weighted by atomic mass is 9.72. The second kappa shape index (κ2) is 8.22. The molecule has 0 saturated heterocycles. The molecule has 0 saturated carbocycles. The summed E-state index contributed by atoms with van der Waals surface area (Å²) in [4.78, 5) is 35.2. The summed E-state index contributed by atoms with van der Waals surface area (Å²) in [7, 11) is -1.29. The summed E-state index contributed by atoms with van der Waals surface area (Å²) in [5.41, 5.74) is 0.755. The Kier molecular flexibility index (Phi) is 6.25. The topological polar surface area (TPSA) is 111 Å². The quantitative estimate of drug-likeness (QED) is 0.453. The lowest BCUT2D eigenvalue weighted by Crippen LogP contribution is -2.52. The van der Waals surface area contributed by atoms with Crippen molar-refractivity contribution in [1.82, 2.24) is 5.32 Å². The fourth-order valence-corrected chi connectivity index (χ4v) is 2.51. The Labute approximate surface area is 152 Å². The van der Waals surface area contributed by atoms with Crippen molar-refractivity contribution >= 4 is 25.0 Å². The first kappa shape index (κ1) is 19.8. The number of fused-ring (bicyclic) bond motifs is 1. The van der Waals surface area contributed by atoms with Gasteiger partial charge in [0, 0.05) is 13.8 Å². The molecule has 1 amide bonds. The Morgan fingerprint density at radius 1 is 1.27 bits per heavy atom. The fraction of sp³-hybridized carbons (Fsp3) is 0.471. The normalized spacial score (nSPS) is 17.0. The zero-order chi connectivity index (χ0) is 19.4. The number of ether oxygens (including phenoxy) is 2. The molecule has 0 aliphatic carbocycles. The third-order valence-electron chi connectivity index (χ3n) is 3.75. The smallest absolute Gasteiger partial charge is 0.534 e. The Bertz CT molecular complexity index is 706. The van der Waals surface area contributed by atoms with Crippen molar-refractivity contribution in [2.24, 2.45) is 5.92 Å². The molecule has 0 spiro atoms. The number of para-hydroxylation sites is 1. The molecule has 8 nitrogen and oxygen atoms in total. The molecule has 2 N–H and O–H groups in total. The Morgan fingerprint density at radius 3 is 2.58 bits per heavy atom. The molecule has 0 aromatic heterocycles. The van der Waals surface area contributed by atoms with Crippen molar-refractivity contribution in [1.29, 1.82) is 0 Å². The summed E-state index contributed by atoms with van der Waals surface area (Å²) in [6, 6.07) is 4.87. The van der Waals surface area contributed by atoms with Crippen molar-refractivity contribution in [3.63, 3.8) is 0 Å². The van der Waals surface area contributed by atoms with E-state index in [9.17, 15) is 19.4 Å². The first-order chi connectivity index (χ1) is 12.2. The van der Waals surface area contributed by atoms with Gasteiger partial charge < -0.3 is 24.5 Å². The van der Waals surface area contributed by atoms with Gasteiger partial charge in [-0.3, -0.25) is 9.59 Å². The van der Waals surface area contributed by atoms with Crippen molar-refractivity contribution in [2.45, 2.75) is 46.3 Å². The number of nitrogens with one attached hydrogen (secondary N) is 1. The summed E-state index contributed by atoms with van der Waals surface area (Å²) in [6.07, 6.45) is -0.761. The van der Waals surface area contributed by atoms with Gasteiger partial charge in [0.1, 0.15) is 11.3 Å². The van der Waals surface area contributed by atoms with Crippen LogP contribution in [0.4, 0.5) is 0 Å². The number of benzene rings is 1. The summed E-state index contributed by atoms with van der Waals surface area (Å²) in [5, 5.41) is 12.7. The molecule has 2 atom stereocenters. The molecule has 1 heterocycles. The Balaban J connectivity index is 2.13. The van der Waals surface area contributed by atoms with Gasteiger partial charge in [-0.25, -0.2) is 4.79 Å². The summed E-state index contributed by atoms with van der Waals surface area (Å²) in [6.45, 7) is 6.13. The zero-order valence-corrected chi connectivity index (χ0v) is 15.1. The summed E-state index contributed by atoms with van der Waals surface area (Å²) < 4.78 is 15.6. The van der Waals surface area contributed by atoms with Crippen LogP contribution in [0.2, 0.25) is 0 Å². The third-order valence-corrected chi connectivity index (χ3v) is 3.75. The molecule has 1 aromatic carbocycles. The highest BCUT2D eigenvalue weighted by Gasteiger charge is 2.37. The van der Waals surface area contributed by atoms with Gasteiger partial charge in [-0.05, 0) is 18.1 Å². The number of amides is 1. The number of carbonyl (C=O) groups excluding carboxylic acids is 3. The minimum atomic E-state index is -1.29. The molecule has 1 aliphatic rings. The molecule has 0 fully saturated rings. The van der Waals surface area contributed by atoms with Crippen LogP contribution in [-0.4, -0.2) is 42.2 Å². The molecule has 2 unspecified atom stereocenters. The first-order valence-corrected chi connectivity index (χ1v) is 8.34. The Hall–Kier alpha value is -2.55. The van der Waals surface area contributed by atoms with E-state index >= 15 is 0 Å². The van der Waals surface area contributed by atoms with Crippen LogP contribution < -0.4 is 9.97 Å². The lowest BCUT2D eigenvalue weighted by molar-refractivity contribution is -0.169. The average molecular weight is 363 g/mol. The summed E-state index contributed by atoms with van der Waals surface area (Å²) >= 11 is 0. The molecule has 26 heavy (non-hydrogen) atoms. The second-order valence-corrected chi connectivity index (χ2v) is 6.38. The van der Waals surface area contributed by atoms with Gasteiger partial charge in [0.15, 0.2) is 0 Å². The highest BCUT2D eigenvalue weighted by molar-refractivity contribution is 6.47. The van der Waals surface area contributed by atoms with E-state index in [1.807, 2.05) is 0 Å². The summed E-state index contributed by atoms with van der Waals surface area (Å²) in [5.74, 6) is -2.28. The van der Waals surface area contributed by atoms with Gasteiger partial charge in [-0.15, -0.1) is 0 Å². The minimum absolute atomic E-state index is 0.107. The maximum atomic E-state index is 12.4. The minimum Gasteiger partial charge on any atom is -0.534 e. The average Bonchev–Trinajstić information content (AvgIpc) is 2.54. The van der Waals surface area contributed by atoms with Gasteiger partial charge in [-0.2, -0.15) is 0 Å². The SMILES string of the molecule is CC(=O)NC1Cc2cccc(C(=O)OC(C)OC(=O)C(C)C)c2OB1O. The van der Waals surface area contributed by atoms with Gasteiger partial charge in [0.05, 0.1) is 11.9 Å². The maximum absolute atomic E-state index is 12.4. The second-order valence-electron chi connectivity index (χ2n) is 6.38. The monoisotopic (exact) mass is 363 g/mol. The molecule has 9 heteroatoms. The van der Waals surface area contributed by atoms with E-state index in [0.29, 0.717) is 12.0 Å². The van der Waals surface area contributed by atoms with Crippen LogP contribution in [0.5, 0.6) is 5.75 Å². The van der Waals surface area contributed by atoms with Gasteiger partial charge in [0.25, 0.3) is 0 Å². The van der Waals surface area contributed by atoms with Crippen LogP contribution in [0.3, 0.4) is 0 Å². The van der Waals surface area contributed by atoms with Crippen LogP contribution in [0.25, 0.3) is 0 Å². The molecule has 1 aliphatic heterocycles. The van der Waals surface area contributed by atoms with Gasteiger partial charge in [-0.1, -0.05) is 26.0 Å². The first-order valence-electron chi connectivity index (χ1n) is 8.34. The van der Waals surface area contributed by atoms with Crippen LogP contribution in [0, 0.1) is 5.92 Å². The molecule has 0 radical (unpaired) electrons. The van der Waals surface area contributed by atoms with Crippen LogP contribution in [-0.2, 0) is 25.5 Å². The predicted molar refractivity (Wildman–Crippen MR) is 92.2 cm³/mol. The predicted octanol–water partition coefficient (Wildman–Crippen LogP) is 0.848. The van der Waals surface area contributed by atoms with Gasteiger partial charge >= 0.3 is 19.1 Å². The van der Waals surface area contributed by atoms with Crippen LogP contribution in [0.1, 0.15) is 43.6 Å². The molecule has 2 rings (SSSR count). The number of carbonyl (C=O) groups is 3. The highest BCUT2D eigenvalue weighted by Crippen LogP contribution is 2.30. The standard InChI is InChI=1S/C17H22BNO7/c1-9(2)16(21)24-11(4)25-17(22)13-7-5-6-12-8-14(19-10(3)20)18(23)26-15(12)13/h5-7,9,11,14,23H,8H2,1-4H3,(H,19,20). The number of rotatable bonds is 5. The maximum Gasteiger partial charge on any atom is 0.547 e. The van der Waals surface area contributed by atoms with E-state index in [-0.39, 0.29) is 23.1 Å². The van der Waals surface area contributed by atoms with Crippen molar-refractivity contribution < 1.29 is 33.5 Å². The third kappa shape index (κ3) is 4.75. The van der Waals surface area contributed by atoms with Crippen molar-refractivity contribution in [3.05, 3.63) is 29.3 Å². The molecular formula is C17H22BNO7. The van der Waals surface area contributed by atoms with Crippen molar-refractivity contribution in [3.8, 4) is 5.75 Å². The number of esters is 2. The zero-order valence-electron chi connectivity index (χ0n) is 15.1. The van der Waals surface area contributed by atoms with Crippen LogP contribution in [0.15, 0.2) is 18.2 Å². The van der Waals surface area contributed by atoms with E-state index in [1.165, 1.54) is 19.9 Å². The number of hydrogen-bond donors (Lipinski definition) is 2.